The summed E-state index contributed by atoms with van der Waals surface area (Å²) in [5.41, 5.74) is 2.88. The number of morpholine rings is 1. The first-order valence-electron chi connectivity index (χ1n) is 15.1. The van der Waals surface area contributed by atoms with E-state index in [0.717, 1.165) is 21.3 Å². The maximum atomic E-state index is 14.0. The van der Waals surface area contributed by atoms with Crippen LogP contribution in [0.5, 0.6) is 0 Å². The van der Waals surface area contributed by atoms with Gasteiger partial charge in [-0.25, -0.2) is 13.4 Å². The molecule has 2 aliphatic rings. The third kappa shape index (κ3) is 7.26. The SMILES string of the molecule is CC(=O)Nc1ccc2nc(NC(=O)CN3CCC4(CC3)CN(S(=O)(=O)c3ccc(C)cc3)[C@H](Cc3ccccc3)CO4)sc2c1. The lowest BCUT2D eigenvalue weighted by Crippen LogP contribution is -2.62. The van der Waals surface area contributed by atoms with Gasteiger partial charge in [-0.05, 0) is 62.1 Å². The van der Waals surface area contributed by atoms with Crippen molar-refractivity contribution >= 4 is 54.2 Å². The molecule has 0 saturated carbocycles. The number of carbonyl (C=O) groups excluding carboxylic acids is 2. The van der Waals surface area contributed by atoms with Gasteiger partial charge in [0.05, 0.1) is 39.9 Å². The molecule has 10 nitrogen and oxygen atoms in total. The van der Waals surface area contributed by atoms with Crippen LogP contribution in [0.25, 0.3) is 10.2 Å². The zero-order valence-electron chi connectivity index (χ0n) is 25.4. The van der Waals surface area contributed by atoms with Crippen LogP contribution in [-0.4, -0.2) is 78.9 Å². The number of nitrogens with zero attached hydrogens (tertiary/aromatic N) is 3. The van der Waals surface area contributed by atoms with E-state index in [0.29, 0.717) is 54.7 Å². The van der Waals surface area contributed by atoms with Gasteiger partial charge in [0.15, 0.2) is 5.13 Å². The fourth-order valence-electron chi connectivity index (χ4n) is 6.03. The number of ether oxygens (including phenoxy) is 1. The zero-order chi connectivity index (χ0) is 31.6. The number of hydrogen-bond donors (Lipinski definition) is 2. The molecule has 2 saturated heterocycles. The number of thiazole rings is 1. The number of amides is 2. The van der Waals surface area contributed by atoms with E-state index >= 15 is 0 Å². The molecule has 2 N–H and O–H groups in total. The third-order valence-electron chi connectivity index (χ3n) is 8.46. The van der Waals surface area contributed by atoms with Gasteiger partial charge in [0.1, 0.15) is 0 Å². The monoisotopic (exact) mass is 647 g/mol. The topological polar surface area (TPSA) is 121 Å². The number of fused-ring (bicyclic) bond motifs is 1. The Bertz CT molecular complexity index is 1790. The molecule has 3 heterocycles. The van der Waals surface area contributed by atoms with Crippen LogP contribution in [0, 0.1) is 6.92 Å². The molecule has 0 aliphatic carbocycles. The first-order valence-corrected chi connectivity index (χ1v) is 17.3. The number of benzene rings is 3. The fourth-order valence-corrected chi connectivity index (χ4v) is 8.64. The molecule has 1 atom stereocenters. The van der Waals surface area contributed by atoms with Crippen molar-refractivity contribution in [3.63, 3.8) is 0 Å². The van der Waals surface area contributed by atoms with Crippen LogP contribution in [-0.2, 0) is 30.8 Å². The second kappa shape index (κ2) is 13.0. The van der Waals surface area contributed by atoms with Gasteiger partial charge < -0.3 is 15.4 Å². The number of sulfonamides is 1. The largest absolute Gasteiger partial charge is 0.372 e. The van der Waals surface area contributed by atoms with E-state index in [2.05, 4.69) is 20.5 Å². The summed E-state index contributed by atoms with van der Waals surface area (Å²) in [7, 11) is -3.76. The normalized spacial score (nSPS) is 19.0. The van der Waals surface area contributed by atoms with Crippen LogP contribution in [0.3, 0.4) is 0 Å². The minimum Gasteiger partial charge on any atom is -0.372 e. The summed E-state index contributed by atoms with van der Waals surface area (Å²) in [6.45, 7) is 5.39. The second-order valence-corrected chi connectivity index (χ2v) is 14.8. The lowest BCUT2D eigenvalue weighted by Gasteiger charge is -2.49. The number of piperidine rings is 1. The highest BCUT2D eigenvalue weighted by molar-refractivity contribution is 7.89. The molecule has 12 heteroatoms. The Morgan fingerprint density at radius 3 is 2.47 bits per heavy atom. The van der Waals surface area contributed by atoms with Gasteiger partial charge in [0, 0.05) is 32.2 Å². The smallest absolute Gasteiger partial charge is 0.243 e. The van der Waals surface area contributed by atoms with Crippen molar-refractivity contribution in [3.8, 4) is 0 Å². The molecule has 45 heavy (non-hydrogen) atoms. The number of rotatable bonds is 8. The summed E-state index contributed by atoms with van der Waals surface area (Å²) in [4.78, 5) is 31.2. The van der Waals surface area contributed by atoms with E-state index in [-0.39, 0.29) is 30.9 Å². The van der Waals surface area contributed by atoms with Crippen molar-refractivity contribution in [2.75, 3.05) is 43.4 Å². The minimum absolute atomic E-state index is 0.151. The number of hydrogen-bond acceptors (Lipinski definition) is 8. The van der Waals surface area contributed by atoms with E-state index in [1.807, 2.05) is 61.5 Å². The molecule has 6 rings (SSSR count). The lowest BCUT2D eigenvalue weighted by molar-refractivity contribution is -0.139. The van der Waals surface area contributed by atoms with Crippen molar-refractivity contribution in [1.29, 1.82) is 0 Å². The van der Waals surface area contributed by atoms with Crippen LogP contribution in [0.4, 0.5) is 10.8 Å². The number of carbonyl (C=O) groups is 2. The molecule has 2 aliphatic heterocycles. The summed E-state index contributed by atoms with van der Waals surface area (Å²) in [6.07, 6.45) is 1.80. The number of aromatic nitrogens is 1. The van der Waals surface area contributed by atoms with Gasteiger partial charge >= 0.3 is 0 Å². The fraction of sp³-hybridized carbons (Fsp3) is 0.364. The van der Waals surface area contributed by atoms with E-state index in [9.17, 15) is 18.0 Å². The summed E-state index contributed by atoms with van der Waals surface area (Å²) >= 11 is 1.35. The van der Waals surface area contributed by atoms with Crippen molar-refractivity contribution in [1.82, 2.24) is 14.2 Å². The highest BCUT2D eigenvalue weighted by Crippen LogP contribution is 2.36. The van der Waals surface area contributed by atoms with Gasteiger partial charge in [-0.3, -0.25) is 14.5 Å². The van der Waals surface area contributed by atoms with E-state index < -0.39 is 15.6 Å². The first kappa shape index (κ1) is 31.3. The molecular weight excluding hydrogens is 611 g/mol. The molecule has 1 spiro atoms. The molecule has 2 fully saturated rings. The van der Waals surface area contributed by atoms with Gasteiger partial charge in [0.2, 0.25) is 21.8 Å². The Morgan fingerprint density at radius 2 is 1.76 bits per heavy atom. The molecule has 0 bridgehead atoms. The third-order valence-corrected chi connectivity index (χ3v) is 11.3. The summed E-state index contributed by atoms with van der Waals surface area (Å²) < 4.78 is 37.1. The highest BCUT2D eigenvalue weighted by Gasteiger charge is 2.47. The van der Waals surface area contributed by atoms with Crippen LogP contribution >= 0.6 is 11.3 Å². The average Bonchev–Trinajstić information content (AvgIpc) is 3.41. The quantitative estimate of drug-likeness (QED) is 0.285. The van der Waals surface area contributed by atoms with Crippen molar-refractivity contribution in [3.05, 3.63) is 83.9 Å². The standard InChI is InChI=1S/C33H37N5O5S2/c1-23-8-11-28(12-9-23)45(41,42)38-22-33(43-21-27(38)18-25-6-4-3-5-7-25)14-16-37(17-15-33)20-31(40)36-32-35-29-13-10-26(34-24(2)39)19-30(29)44-32/h3-13,19,27H,14-18,20-22H2,1-2H3,(H,34,39)(H,35,36,40)/t27-/m1/s1. The van der Waals surface area contributed by atoms with Crippen molar-refractivity contribution in [2.45, 2.75) is 49.6 Å². The van der Waals surface area contributed by atoms with E-state index in [4.69, 9.17) is 4.74 Å². The molecule has 3 aromatic carbocycles. The van der Waals surface area contributed by atoms with Crippen LogP contribution in [0.2, 0.25) is 0 Å². The predicted octanol–water partition coefficient (Wildman–Crippen LogP) is 4.67. The molecule has 0 unspecified atom stereocenters. The number of anilines is 2. The second-order valence-electron chi connectivity index (χ2n) is 11.9. The average molecular weight is 648 g/mol. The zero-order valence-corrected chi connectivity index (χ0v) is 27.0. The molecule has 4 aromatic rings. The Balaban J connectivity index is 1.10. The Kier molecular flexibility index (Phi) is 9.03. The predicted molar refractivity (Wildman–Crippen MR) is 176 cm³/mol. The number of likely N-dealkylation sites (tertiary alicyclic amines) is 1. The van der Waals surface area contributed by atoms with Crippen molar-refractivity contribution < 1.29 is 22.7 Å². The summed E-state index contributed by atoms with van der Waals surface area (Å²) in [5.74, 6) is -0.315. The Labute approximate surface area is 267 Å². The van der Waals surface area contributed by atoms with Crippen molar-refractivity contribution in [2.24, 2.45) is 0 Å². The van der Waals surface area contributed by atoms with Gasteiger partial charge in [0.25, 0.3) is 0 Å². The maximum Gasteiger partial charge on any atom is 0.243 e. The maximum absolute atomic E-state index is 14.0. The molecular formula is C33H37N5O5S2. The lowest BCUT2D eigenvalue weighted by atomic mass is 9.88. The molecule has 2 amide bonds. The van der Waals surface area contributed by atoms with Gasteiger partial charge in [-0.1, -0.05) is 59.4 Å². The molecule has 1 aromatic heterocycles. The van der Waals surface area contributed by atoms with E-state index in [1.54, 1.807) is 22.5 Å². The minimum atomic E-state index is -3.76. The van der Waals surface area contributed by atoms with E-state index in [1.165, 1.54) is 18.3 Å². The Morgan fingerprint density at radius 1 is 1.02 bits per heavy atom. The van der Waals surface area contributed by atoms with Gasteiger partial charge in [-0.2, -0.15) is 4.31 Å². The summed E-state index contributed by atoms with van der Waals surface area (Å²) in [5, 5.41) is 6.17. The van der Waals surface area contributed by atoms with Crippen LogP contribution in [0.15, 0.2) is 77.7 Å². The highest BCUT2D eigenvalue weighted by atomic mass is 32.2. The number of nitrogens with one attached hydrogen (secondary N) is 2. The molecule has 0 radical (unpaired) electrons. The van der Waals surface area contributed by atoms with Crippen LogP contribution in [0.1, 0.15) is 30.9 Å². The van der Waals surface area contributed by atoms with Crippen LogP contribution < -0.4 is 10.6 Å². The Hall–Kier alpha value is -3.68. The van der Waals surface area contributed by atoms with Gasteiger partial charge in [-0.15, -0.1) is 0 Å². The first-order chi connectivity index (χ1) is 21.6. The number of aryl methyl sites for hydroxylation is 1. The summed E-state index contributed by atoms with van der Waals surface area (Å²) in [6, 6.07) is 22.0. The molecule has 236 valence electrons.